The molecule has 3 rings (SSSR count). The Morgan fingerprint density at radius 1 is 0.864 bits per heavy atom. The molecule has 2 aliphatic rings. The quantitative estimate of drug-likeness (QED) is 0.684. The molecule has 108 valence electrons. The average Bonchev–Trinajstić information content (AvgIpc) is 2.90. The Bertz CT molecular complexity index is 829. The number of imidazole rings is 1. The number of aromatic nitrogens is 2. The van der Waals surface area contributed by atoms with Crippen LogP contribution in [0, 0.1) is 6.92 Å². The third-order valence-electron chi connectivity index (χ3n) is 3.61. The van der Waals surface area contributed by atoms with E-state index in [2.05, 4.69) is 52.9 Å². The number of hydrogen-bond acceptors (Lipinski definition) is 1. The van der Waals surface area contributed by atoms with Crippen molar-refractivity contribution in [3.8, 4) is 22.4 Å². The number of aryl methyl sites for hydroxylation is 1. The van der Waals surface area contributed by atoms with Crippen molar-refractivity contribution in [2.24, 2.45) is 0 Å². The summed E-state index contributed by atoms with van der Waals surface area (Å²) in [5.41, 5.74) is 5.54. The average molecular weight is 286 g/mol. The molecule has 0 radical (unpaired) electrons. The van der Waals surface area contributed by atoms with E-state index >= 15 is 0 Å². The van der Waals surface area contributed by atoms with Crippen LogP contribution in [0.25, 0.3) is 28.5 Å². The second-order valence-electron chi connectivity index (χ2n) is 5.10. The maximum Gasteiger partial charge on any atom is 0.103 e. The fraction of sp³-hybridized carbons (Fsp3) is 0.0500. The summed E-state index contributed by atoms with van der Waals surface area (Å²) in [5.74, 6) is 0.911. The molecule has 2 heteroatoms. The van der Waals surface area contributed by atoms with Crippen molar-refractivity contribution in [1.82, 2.24) is 9.97 Å². The number of hydrogen-bond donors (Lipinski definition) is 1. The number of nitrogens with zero attached hydrogens (tertiary/aromatic N) is 1. The van der Waals surface area contributed by atoms with Gasteiger partial charge < -0.3 is 4.98 Å². The van der Waals surface area contributed by atoms with Crippen LogP contribution >= 0.6 is 0 Å². The first-order valence-electron chi connectivity index (χ1n) is 7.29. The molecule has 0 aromatic carbocycles. The zero-order chi connectivity index (χ0) is 15.4. The number of aromatic amines is 1. The van der Waals surface area contributed by atoms with Crippen LogP contribution in [0.2, 0.25) is 0 Å². The monoisotopic (exact) mass is 286 g/mol. The summed E-state index contributed by atoms with van der Waals surface area (Å²) in [7, 11) is 0. The van der Waals surface area contributed by atoms with Gasteiger partial charge in [-0.05, 0) is 23.6 Å². The molecule has 1 aromatic heterocycles. The lowest BCUT2D eigenvalue weighted by Gasteiger charge is -2.10. The summed E-state index contributed by atoms with van der Waals surface area (Å²) in [6.07, 6.45) is 3.77. The Balaban J connectivity index is 2.41. The maximum atomic E-state index is 4.33. The van der Waals surface area contributed by atoms with E-state index in [0.29, 0.717) is 0 Å². The summed E-state index contributed by atoms with van der Waals surface area (Å²) in [5, 5.41) is 0. The largest absolute Gasteiger partial charge is 0.342 e. The SMILES string of the molecule is C=Cc1cccccc2c(-c3cnc(C)[nH]3)cccccc1-2. The van der Waals surface area contributed by atoms with Gasteiger partial charge in [-0.1, -0.05) is 73.3 Å². The Kier molecular flexibility index (Phi) is 4.01. The molecule has 0 unspecified atom stereocenters. The van der Waals surface area contributed by atoms with Gasteiger partial charge in [-0.2, -0.15) is 0 Å². The summed E-state index contributed by atoms with van der Waals surface area (Å²) < 4.78 is 0. The van der Waals surface area contributed by atoms with E-state index in [4.69, 9.17) is 0 Å². The number of H-pyrrole nitrogens is 1. The van der Waals surface area contributed by atoms with E-state index in [0.717, 1.165) is 33.8 Å². The van der Waals surface area contributed by atoms with Crippen molar-refractivity contribution in [3.05, 3.63) is 84.8 Å². The Labute approximate surface area is 130 Å². The molecule has 22 heavy (non-hydrogen) atoms. The lowest BCUT2D eigenvalue weighted by Crippen LogP contribution is -1.87. The van der Waals surface area contributed by atoms with Crippen LogP contribution in [0.4, 0.5) is 0 Å². The minimum absolute atomic E-state index is 0.911. The predicted octanol–water partition coefficient (Wildman–Crippen LogP) is 5.26. The van der Waals surface area contributed by atoms with Crippen molar-refractivity contribution in [1.29, 1.82) is 0 Å². The lowest BCUT2D eigenvalue weighted by molar-refractivity contribution is 1.15. The van der Waals surface area contributed by atoms with Crippen molar-refractivity contribution in [2.75, 3.05) is 0 Å². The predicted molar refractivity (Wildman–Crippen MR) is 93.1 cm³/mol. The highest BCUT2D eigenvalue weighted by Gasteiger charge is 2.09. The summed E-state index contributed by atoms with van der Waals surface area (Å²) in [6.45, 7) is 5.91. The second-order valence-corrected chi connectivity index (χ2v) is 5.10. The molecule has 0 bridgehead atoms. The van der Waals surface area contributed by atoms with Gasteiger partial charge in [0, 0.05) is 5.56 Å². The Morgan fingerprint density at radius 3 is 2.14 bits per heavy atom. The highest BCUT2D eigenvalue weighted by atomic mass is 14.9. The standard InChI is InChI=1S/C20H18N2/c1-3-16-10-6-4-8-12-18-17(16)11-7-5-9-13-19(18)20-14-21-15(2)22-20/h3-14H,1H2,2H3,(H,21,22). The van der Waals surface area contributed by atoms with Gasteiger partial charge in [0.2, 0.25) is 0 Å². The van der Waals surface area contributed by atoms with Crippen LogP contribution in [0.3, 0.4) is 0 Å². The van der Waals surface area contributed by atoms with Crippen molar-refractivity contribution in [3.63, 3.8) is 0 Å². The van der Waals surface area contributed by atoms with Gasteiger partial charge in [0.25, 0.3) is 0 Å². The summed E-state index contributed by atoms with van der Waals surface area (Å²) in [6, 6.07) is 20.7. The van der Waals surface area contributed by atoms with Gasteiger partial charge in [-0.15, -0.1) is 0 Å². The van der Waals surface area contributed by atoms with E-state index in [1.54, 1.807) is 0 Å². The lowest BCUT2D eigenvalue weighted by atomic mass is 9.95. The third-order valence-corrected chi connectivity index (χ3v) is 3.61. The van der Waals surface area contributed by atoms with Crippen LogP contribution in [-0.4, -0.2) is 9.97 Å². The second kappa shape index (κ2) is 6.27. The highest BCUT2D eigenvalue weighted by Crippen LogP contribution is 2.32. The minimum atomic E-state index is 0.911. The molecule has 0 saturated heterocycles. The topological polar surface area (TPSA) is 28.7 Å². The number of rotatable bonds is 2. The van der Waals surface area contributed by atoms with Crippen LogP contribution in [0.5, 0.6) is 0 Å². The molecule has 0 spiro atoms. The van der Waals surface area contributed by atoms with Crippen molar-refractivity contribution in [2.45, 2.75) is 6.92 Å². The normalized spacial score (nSPS) is 10.2. The zero-order valence-electron chi connectivity index (χ0n) is 12.6. The molecule has 0 atom stereocenters. The van der Waals surface area contributed by atoms with E-state index in [-0.39, 0.29) is 0 Å². The van der Waals surface area contributed by atoms with E-state index in [1.165, 1.54) is 0 Å². The van der Waals surface area contributed by atoms with Gasteiger partial charge >= 0.3 is 0 Å². The first-order valence-corrected chi connectivity index (χ1v) is 7.29. The molecule has 0 fully saturated rings. The zero-order valence-corrected chi connectivity index (χ0v) is 12.6. The molecule has 2 aliphatic carbocycles. The first-order chi connectivity index (χ1) is 10.8. The van der Waals surface area contributed by atoms with Crippen molar-refractivity contribution < 1.29 is 0 Å². The smallest absolute Gasteiger partial charge is 0.103 e. The Hall–Kier alpha value is -2.87. The molecule has 0 aliphatic heterocycles. The summed E-state index contributed by atoms with van der Waals surface area (Å²) >= 11 is 0. The van der Waals surface area contributed by atoms with Gasteiger partial charge in [0.15, 0.2) is 0 Å². The van der Waals surface area contributed by atoms with Gasteiger partial charge in [0.1, 0.15) is 5.82 Å². The Morgan fingerprint density at radius 2 is 1.50 bits per heavy atom. The van der Waals surface area contributed by atoms with Crippen molar-refractivity contribution >= 4 is 6.08 Å². The highest BCUT2D eigenvalue weighted by molar-refractivity contribution is 5.85. The fourth-order valence-electron chi connectivity index (χ4n) is 2.56. The van der Waals surface area contributed by atoms with Crippen LogP contribution < -0.4 is 0 Å². The minimum Gasteiger partial charge on any atom is -0.342 e. The van der Waals surface area contributed by atoms with Crippen LogP contribution in [-0.2, 0) is 0 Å². The number of fused-ring (bicyclic) bond motifs is 1. The molecular weight excluding hydrogens is 268 g/mol. The maximum absolute atomic E-state index is 4.33. The van der Waals surface area contributed by atoms with E-state index in [1.807, 2.05) is 43.5 Å². The first kappa shape index (κ1) is 14.1. The summed E-state index contributed by atoms with van der Waals surface area (Å²) in [4.78, 5) is 7.66. The molecule has 1 heterocycles. The molecule has 2 nitrogen and oxygen atoms in total. The number of nitrogens with one attached hydrogen (secondary N) is 1. The van der Waals surface area contributed by atoms with Crippen LogP contribution in [0.1, 0.15) is 11.4 Å². The van der Waals surface area contributed by atoms with Crippen LogP contribution in [0.15, 0.2) is 73.4 Å². The van der Waals surface area contributed by atoms with Gasteiger partial charge in [-0.3, -0.25) is 0 Å². The molecule has 1 N–H and O–H groups in total. The van der Waals surface area contributed by atoms with Gasteiger partial charge in [0.05, 0.1) is 11.9 Å². The molecule has 0 amide bonds. The van der Waals surface area contributed by atoms with Gasteiger partial charge in [-0.25, -0.2) is 4.98 Å². The molecule has 1 aromatic rings. The molecule has 0 saturated carbocycles. The fourth-order valence-corrected chi connectivity index (χ4v) is 2.56. The van der Waals surface area contributed by atoms with E-state index < -0.39 is 0 Å². The third kappa shape index (κ3) is 2.77. The molecular formula is C20H18N2. The van der Waals surface area contributed by atoms with E-state index in [9.17, 15) is 0 Å².